The largest absolute Gasteiger partial charge is 0.457 e. The number of hydrogen-bond donors (Lipinski definition) is 2. The second-order valence-electron chi connectivity index (χ2n) is 8.91. The maximum Gasteiger partial charge on any atom is 0.246 e. The highest BCUT2D eigenvalue weighted by atomic mass is 16.5. The molecule has 0 spiro atoms. The van der Waals surface area contributed by atoms with Gasteiger partial charge in [-0.05, 0) is 50.2 Å². The summed E-state index contributed by atoms with van der Waals surface area (Å²) in [6.45, 7) is 4.08. The van der Waals surface area contributed by atoms with Crippen LogP contribution < -0.4 is 15.8 Å². The molecule has 1 aliphatic rings. The molecule has 1 amide bonds. The Labute approximate surface area is 210 Å². The molecule has 1 fully saturated rings. The molecule has 3 heterocycles. The van der Waals surface area contributed by atoms with Crippen molar-refractivity contribution in [3.8, 4) is 22.6 Å². The molecule has 1 saturated heterocycles. The topological polar surface area (TPSA) is 98.3 Å². The molecule has 8 heteroatoms. The molecule has 4 aromatic rings. The zero-order valence-electron chi connectivity index (χ0n) is 20.5. The molecular weight excluding hydrogens is 452 g/mol. The molecule has 1 aliphatic heterocycles. The minimum Gasteiger partial charge on any atom is -0.457 e. The molecule has 0 saturated carbocycles. The number of hydrogen-bond acceptors (Lipinski definition) is 6. The van der Waals surface area contributed by atoms with Gasteiger partial charge in [0, 0.05) is 37.0 Å². The van der Waals surface area contributed by atoms with E-state index in [-0.39, 0.29) is 11.9 Å². The van der Waals surface area contributed by atoms with Gasteiger partial charge in [0.1, 0.15) is 29.3 Å². The molecule has 2 aromatic heterocycles. The predicted molar refractivity (Wildman–Crippen MR) is 142 cm³/mol. The number of carbonyl (C=O) groups excluding carboxylic acids is 1. The fourth-order valence-corrected chi connectivity index (χ4v) is 4.92. The lowest BCUT2D eigenvalue weighted by Crippen LogP contribution is -2.27. The van der Waals surface area contributed by atoms with E-state index in [9.17, 15) is 4.79 Å². The lowest BCUT2D eigenvalue weighted by Gasteiger charge is -2.18. The van der Waals surface area contributed by atoms with Gasteiger partial charge < -0.3 is 25.3 Å². The summed E-state index contributed by atoms with van der Waals surface area (Å²) < 4.78 is 8.19. The molecule has 36 heavy (non-hydrogen) atoms. The van der Waals surface area contributed by atoms with Gasteiger partial charge in [-0.25, -0.2) is 9.97 Å². The van der Waals surface area contributed by atoms with E-state index in [2.05, 4.69) is 26.8 Å². The van der Waals surface area contributed by atoms with Gasteiger partial charge in [-0.2, -0.15) is 0 Å². The van der Waals surface area contributed by atoms with Gasteiger partial charge in [-0.3, -0.25) is 4.79 Å². The zero-order valence-corrected chi connectivity index (χ0v) is 20.5. The SMILES string of the molecule is CNC/C=C/C(=O)N1CC[C@@H](n2c(C)c(-c3ccc(Oc4ccccc4)cc3)c3c(N)ncnc32)C1. The number of nitrogen functional groups attached to an aromatic ring is 1. The highest BCUT2D eigenvalue weighted by Crippen LogP contribution is 2.40. The summed E-state index contributed by atoms with van der Waals surface area (Å²) >= 11 is 0. The van der Waals surface area contributed by atoms with Crippen molar-refractivity contribution >= 4 is 22.8 Å². The van der Waals surface area contributed by atoms with E-state index in [4.69, 9.17) is 10.5 Å². The van der Waals surface area contributed by atoms with Crippen molar-refractivity contribution in [1.82, 2.24) is 24.8 Å². The highest BCUT2D eigenvalue weighted by molar-refractivity contribution is 6.02. The van der Waals surface area contributed by atoms with Crippen molar-refractivity contribution in [2.75, 3.05) is 32.4 Å². The van der Waals surface area contributed by atoms with Gasteiger partial charge in [0.2, 0.25) is 5.91 Å². The number of carbonyl (C=O) groups is 1. The molecule has 1 atom stereocenters. The number of likely N-dealkylation sites (tertiary alicyclic amines) is 1. The molecule has 184 valence electrons. The Hall–Kier alpha value is -4.17. The summed E-state index contributed by atoms with van der Waals surface area (Å²) in [7, 11) is 1.86. The third-order valence-corrected chi connectivity index (χ3v) is 6.60. The van der Waals surface area contributed by atoms with E-state index < -0.39 is 0 Å². The molecule has 8 nitrogen and oxygen atoms in total. The number of rotatable bonds is 7. The van der Waals surface area contributed by atoms with Crippen LogP contribution in [0.2, 0.25) is 0 Å². The van der Waals surface area contributed by atoms with Crippen molar-refractivity contribution < 1.29 is 9.53 Å². The Morgan fingerprint density at radius 1 is 1.14 bits per heavy atom. The Kier molecular flexibility index (Phi) is 6.69. The summed E-state index contributed by atoms with van der Waals surface area (Å²) in [5.74, 6) is 2.02. The standard InChI is InChI=1S/C28H30N6O2/c1-19-25(20-10-12-23(13-11-20)36-22-7-4-3-5-8-22)26-27(29)31-18-32-28(26)34(19)21-14-16-33(17-21)24(35)9-6-15-30-2/h3-13,18,21,30H,14-17H2,1-2H3,(H2,29,31,32)/b9-6+/t21-/m1/s1. The minimum absolute atomic E-state index is 0.0326. The third-order valence-electron chi connectivity index (χ3n) is 6.60. The smallest absolute Gasteiger partial charge is 0.246 e. The first kappa shape index (κ1) is 23.6. The average molecular weight is 483 g/mol. The number of para-hydroxylation sites is 1. The third kappa shape index (κ3) is 4.55. The Morgan fingerprint density at radius 2 is 1.89 bits per heavy atom. The van der Waals surface area contributed by atoms with Crippen LogP contribution in [-0.2, 0) is 4.79 Å². The van der Waals surface area contributed by atoms with Gasteiger partial charge >= 0.3 is 0 Å². The zero-order chi connectivity index (χ0) is 25.1. The minimum atomic E-state index is 0.0326. The van der Waals surface area contributed by atoms with Crippen molar-refractivity contribution in [3.63, 3.8) is 0 Å². The summed E-state index contributed by atoms with van der Waals surface area (Å²) in [4.78, 5) is 23.4. The Balaban J connectivity index is 1.47. The Bertz CT molecular complexity index is 1400. The predicted octanol–water partition coefficient (Wildman–Crippen LogP) is 4.33. The first-order valence-corrected chi connectivity index (χ1v) is 12.1. The van der Waals surface area contributed by atoms with Gasteiger partial charge in [0.15, 0.2) is 0 Å². The van der Waals surface area contributed by atoms with E-state index in [1.54, 1.807) is 6.08 Å². The number of aromatic nitrogens is 3. The normalized spacial score (nSPS) is 15.7. The van der Waals surface area contributed by atoms with Gasteiger partial charge in [0.25, 0.3) is 0 Å². The van der Waals surface area contributed by atoms with Crippen molar-refractivity contribution in [2.24, 2.45) is 0 Å². The molecule has 0 aliphatic carbocycles. The van der Waals surface area contributed by atoms with Crippen LogP contribution in [0.1, 0.15) is 18.2 Å². The van der Waals surface area contributed by atoms with Crippen LogP contribution in [-0.4, -0.2) is 52.0 Å². The number of nitrogens with two attached hydrogens (primary N) is 1. The van der Waals surface area contributed by atoms with Gasteiger partial charge in [-0.1, -0.05) is 36.4 Å². The maximum atomic E-state index is 12.6. The van der Waals surface area contributed by atoms with Crippen LogP contribution in [0.15, 0.2) is 73.1 Å². The van der Waals surface area contributed by atoms with Crippen molar-refractivity contribution in [2.45, 2.75) is 19.4 Å². The first-order chi connectivity index (χ1) is 17.6. The average Bonchev–Trinajstić information content (AvgIpc) is 3.48. The van der Waals surface area contributed by atoms with Crippen LogP contribution in [0.3, 0.4) is 0 Å². The molecule has 0 unspecified atom stereocenters. The van der Waals surface area contributed by atoms with Crippen LogP contribution in [0.4, 0.5) is 5.82 Å². The highest BCUT2D eigenvalue weighted by Gasteiger charge is 2.31. The summed E-state index contributed by atoms with van der Waals surface area (Å²) in [6.07, 6.45) is 5.85. The number of ether oxygens (including phenoxy) is 1. The summed E-state index contributed by atoms with van der Waals surface area (Å²) in [5.41, 5.74) is 10.3. The van der Waals surface area contributed by atoms with Crippen LogP contribution in [0.5, 0.6) is 11.5 Å². The second-order valence-corrected chi connectivity index (χ2v) is 8.91. The number of nitrogens with one attached hydrogen (secondary N) is 1. The quantitative estimate of drug-likeness (QED) is 0.381. The fourth-order valence-electron chi connectivity index (χ4n) is 4.92. The summed E-state index contributed by atoms with van der Waals surface area (Å²) in [5, 5.41) is 3.86. The molecule has 3 N–H and O–H groups in total. The summed E-state index contributed by atoms with van der Waals surface area (Å²) in [6, 6.07) is 17.8. The number of nitrogens with zero attached hydrogens (tertiary/aromatic N) is 4. The van der Waals surface area contributed by atoms with E-state index in [0.29, 0.717) is 25.5 Å². The molecule has 0 radical (unpaired) electrons. The number of likely N-dealkylation sites (N-methyl/N-ethyl adjacent to an activating group) is 1. The van der Waals surface area contributed by atoms with Crippen molar-refractivity contribution in [3.05, 3.63) is 78.8 Å². The van der Waals surface area contributed by atoms with Crippen molar-refractivity contribution in [1.29, 1.82) is 0 Å². The Morgan fingerprint density at radius 3 is 2.64 bits per heavy atom. The molecule has 5 rings (SSSR count). The molecular formula is C28H30N6O2. The maximum absolute atomic E-state index is 12.6. The van der Waals surface area contributed by atoms with Crippen LogP contribution >= 0.6 is 0 Å². The molecule has 2 aromatic carbocycles. The van der Waals surface area contributed by atoms with Crippen LogP contribution in [0, 0.1) is 6.92 Å². The lowest BCUT2D eigenvalue weighted by molar-refractivity contribution is -0.125. The number of anilines is 1. The van der Waals surface area contributed by atoms with Gasteiger partial charge in [-0.15, -0.1) is 0 Å². The van der Waals surface area contributed by atoms with E-state index in [0.717, 1.165) is 45.8 Å². The monoisotopic (exact) mass is 482 g/mol. The van der Waals surface area contributed by atoms with Gasteiger partial charge in [0.05, 0.1) is 11.4 Å². The first-order valence-electron chi connectivity index (χ1n) is 12.1. The fraction of sp³-hybridized carbons (Fsp3) is 0.250. The lowest BCUT2D eigenvalue weighted by atomic mass is 10.0. The van der Waals surface area contributed by atoms with Crippen LogP contribution in [0.25, 0.3) is 22.2 Å². The number of fused-ring (bicyclic) bond motifs is 1. The number of amides is 1. The van der Waals surface area contributed by atoms with E-state index >= 15 is 0 Å². The van der Waals surface area contributed by atoms with E-state index in [1.165, 1.54) is 6.33 Å². The van der Waals surface area contributed by atoms with E-state index in [1.807, 2.05) is 72.6 Å². The molecule has 0 bridgehead atoms. The number of benzene rings is 2. The second kappa shape index (κ2) is 10.2.